The minimum atomic E-state index is -4.86. The minimum absolute atomic E-state index is 0.0976. The summed E-state index contributed by atoms with van der Waals surface area (Å²) in [5.41, 5.74) is 4.20. The number of hydrogen-bond donors (Lipinski definition) is 1. The lowest BCUT2D eigenvalue weighted by atomic mass is 9.90. The molecule has 2 aromatic carbocycles. The molecule has 27 heavy (non-hydrogen) atoms. The Labute approximate surface area is 155 Å². The van der Waals surface area contributed by atoms with Crippen LogP contribution in [0.15, 0.2) is 48.5 Å². The fourth-order valence-electron chi connectivity index (χ4n) is 4.14. The molecular weight excluding hydrogens is 355 g/mol. The number of halogens is 3. The van der Waals surface area contributed by atoms with Gasteiger partial charge in [-0.2, -0.15) is 13.2 Å². The largest absolute Gasteiger partial charge is 0.471 e. The monoisotopic (exact) mass is 375 g/mol. The first-order valence-corrected chi connectivity index (χ1v) is 8.92. The number of piperidine rings is 1. The molecule has 2 heterocycles. The smallest absolute Gasteiger partial charge is 0.363 e. The van der Waals surface area contributed by atoms with Crippen LogP contribution in [-0.2, 0) is 4.79 Å². The Kier molecular flexibility index (Phi) is 4.25. The number of anilines is 3. The maximum Gasteiger partial charge on any atom is 0.471 e. The van der Waals surface area contributed by atoms with Gasteiger partial charge >= 0.3 is 12.1 Å². The zero-order valence-electron chi connectivity index (χ0n) is 14.8. The van der Waals surface area contributed by atoms with Gasteiger partial charge in [-0.1, -0.05) is 30.3 Å². The van der Waals surface area contributed by atoms with Crippen LogP contribution in [0.5, 0.6) is 0 Å². The van der Waals surface area contributed by atoms with E-state index in [4.69, 9.17) is 0 Å². The topological polar surface area (TPSA) is 35.6 Å². The molecule has 142 valence electrons. The van der Waals surface area contributed by atoms with Crippen LogP contribution in [0.25, 0.3) is 0 Å². The molecular formula is C20H20F3N3O. The van der Waals surface area contributed by atoms with Crippen LogP contribution in [0.4, 0.5) is 30.2 Å². The Morgan fingerprint density at radius 3 is 2.37 bits per heavy atom. The number of rotatable bonds is 1. The van der Waals surface area contributed by atoms with Gasteiger partial charge < -0.3 is 15.1 Å². The summed E-state index contributed by atoms with van der Waals surface area (Å²) in [6, 6.07) is 15.4. The number of carbonyl (C=O) groups is 1. The predicted octanol–water partition coefficient (Wildman–Crippen LogP) is 4.16. The summed E-state index contributed by atoms with van der Waals surface area (Å²) < 4.78 is 38.0. The first-order valence-electron chi connectivity index (χ1n) is 8.92. The second kappa shape index (κ2) is 6.48. The Morgan fingerprint density at radius 2 is 1.67 bits per heavy atom. The third-order valence-electron chi connectivity index (χ3n) is 5.40. The fourth-order valence-corrected chi connectivity index (χ4v) is 4.14. The number of hydrogen-bond acceptors (Lipinski definition) is 3. The number of para-hydroxylation sites is 3. The highest BCUT2D eigenvalue weighted by atomic mass is 19.4. The molecule has 0 aliphatic carbocycles. The molecule has 2 aliphatic heterocycles. The Bertz CT molecular complexity index is 868. The van der Waals surface area contributed by atoms with Gasteiger partial charge in [-0.15, -0.1) is 0 Å². The van der Waals surface area contributed by atoms with Crippen molar-refractivity contribution in [3.05, 3.63) is 54.1 Å². The lowest BCUT2D eigenvalue weighted by molar-refractivity contribution is -0.174. The Hall–Kier alpha value is -2.70. The molecule has 1 fully saturated rings. The number of nitrogens with one attached hydrogen (secondary N) is 1. The molecule has 4 nitrogen and oxygen atoms in total. The van der Waals surface area contributed by atoms with E-state index in [9.17, 15) is 18.0 Å². The number of benzene rings is 2. The molecule has 1 amide bonds. The second-order valence-electron chi connectivity index (χ2n) is 7.01. The van der Waals surface area contributed by atoms with Crippen molar-refractivity contribution in [2.45, 2.75) is 31.1 Å². The van der Waals surface area contributed by atoms with E-state index in [0.29, 0.717) is 19.4 Å². The van der Waals surface area contributed by atoms with Crippen molar-refractivity contribution in [1.29, 1.82) is 0 Å². The molecule has 2 atom stereocenters. The van der Waals surface area contributed by atoms with E-state index in [2.05, 4.69) is 15.1 Å². The van der Waals surface area contributed by atoms with Gasteiger partial charge in [0.25, 0.3) is 0 Å². The summed E-state index contributed by atoms with van der Waals surface area (Å²) >= 11 is 0. The number of amides is 1. The predicted molar refractivity (Wildman–Crippen MR) is 98.3 cm³/mol. The van der Waals surface area contributed by atoms with Crippen LogP contribution < -0.4 is 15.1 Å². The summed E-state index contributed by atoms with van der Waals surface area (Å²) in [5, 5.41) is 2.17. The average molecular weight is 375 g/mol. The van der Waals surface area contributed by atoms with E-state index in [0.717, 1.165) is 22.6 Å². The van der Waals surface area contributed by atoms with E-state index >= 15 is 0 Å². The first-order chi connectivity index (χ1) is 12.9. The van der Waals surface area contributed by atoms with Crippen molar-refractivity contribution in [2.24, 2.45) is 0 Å². The zero-order valence-corrected chi connectivity index (χ0v) is 14.8. The van der Waals surface area contributed by atoms with Crippen molar-refractivity contribution in [3.63, 3.8) is 0 Å². The number of alkyl halides is 3. The van der Waals surface area contributed by atoms with Gasteiger partial charge in [-0.25, -0.2) is 0 Å². The van der Waals surface area contributed by atoms with Gasteiger partial charge in [-0.3, -0.25) is 4.79 Å². The maximum absolute atomic E-state index is 12.7. The Morgan fingerprint density at radius 1 is 1.04 bits per heavy atom. The molecule has 1 N–H and O–H groups in total. The van der Waals surface area contributed by atoms with E-state index in [1.54, 1.807) is 0 Å². The first kappa shape index (κ1) is 17.7. The minimum Gasteiger partial charge on any atom is -0.363 e. The van der Waals surface area contributed by atoms with E-state index in [1.807, 2.05) is 55.6 Å². The summed E-state index contributed by atoms with van der Waals surface area (Å²) in [6.07, 6.45) is -3.95. The highest BCUT2D eigenvalue weighted by molar-refractivity contribution is 5.83. The van der Waals surface area contributed by atoms with Gasteiger partial charge in [0, 0.05) is 25.3 Å². The van der Waals surface area contributed by atoms with Crippen molar-refractivity contribution in [1.82, 2.24) is 5.32 Å². The van der Waals surface area contributed by atoms with Crippen LogP contribution >= 0.6 is 0 Å². The van der Waals surface area contributed by atoms with Crippen molar-refractivity contribution < 1.29 is 18.0 Å². The molecule has 0 saturated carbocycles. The van der Waals surface area contributed by atoms with Gasteiger partial charge in [0.15, 0.2) is 0 Å². The zero-order chi connectivity index (χ0) is 19.2. The summed E-state index contributed by atoms with van der Waals surface area (Å²) in [7, 11) is 2.00. The number of carbonyl (C=O) groups excluding carboxylic acids is 1. The number of fused-ring (bicyclic) bond motifs is 5. The summed E-state index contributed by atoms with van der Waals surface area (Å²) in [6.45, 7) is 0.576. The third-order valence-corrected chi connectivity index (χ3v) is 5.40. The quantitative estimate of drug-likeness (QED) is 0.813. The van der Waals surface area contributed by atoms with E-state index < -0.39 is 18.1 Å². The van der Waals surface area contributed by atoms with Crippen LogP contribution in [0, 0.1) is 0 Å². The van der Waals surface area contributed by atoms with Crippen molar-refractivity contribution in [2.75, 3.05) is 23.4 Å². The van der Waals surface area contributed by atoms with Crippen LogP contribution in [0.2, 0.25) is 0 Å². The number of nitrogens with zero attached hydrogens (tertiary/aromatic N) is 2. The standard InChI is InChI=1S/C20H20F3N3O/c1-25-15-7-3-2-6-14(15)18-12-13(24-19(27)20(21,22)23)10-11-26(18)17-9-5-4-8-16(17)25/h2-9,13,18H,10-12H2,1H3,(H,24,27)/t13-,18-/m0/s1. The fraction of sp³-hybridized carbons (Fsp3) is 0.350. The van der Waals surface area contributed by atoms with E-state index in [-0.39, 0.29) is 6.04 Å². The highest BCUT2D eigenvalue weighted by Crippen LogP contribution is 2.47. The molecule has 0 aromatic heterocycles. The lowest BCUT2D eigenvalue weighted by Gasteiger charge is -2.41. The Balaban J connectivity index is 1.71. The molecule has 0 spiro atoms. The molecule has 2 aliphatic rings. The normalized spacial score (nSPS) is 21.6. The van der Waals surface area contributed by atoms with Gasteiger partial charge in [0.1, 0.15) is 0 Å². The second-order valence-corrected chi connectivity index (χ2v) is 7.01. The maximum atomic E-state index is 12.7. The molecule has 4 rings (SSSR count). The lowest BCUT2D eigenvalue weighted by Crippen LogP contribution is -2.49. The van der Waals surface area contributed by atoms with Gasteiger partial charge in [-0.05, 0) is 36.6 Å². The van der Waals surface area contributed by atoms with Crippen LogP contribution in [0.1, 0.15) is 24.4 Å². The van der Waals surface area contributed by atoms with Gasteiger partial charge in [0.2, 0.25) is 0 Å². The SMILES string of the molecule is CN1c2ccccc2[C@@H]2C[C@@H](NC(=O)C(F)(F)F)CCN2c2ccccc21. The highest BCUT2D eigenvalue weighted by Gasteiger charge is 2.42. The molecule has 0 radical (unpaired) electrons. The molecule has 0 bridgehead atoms. The van der Waals surface area contributed by atoms with Gasteiger partial charge in [0.05, 0.1) is 17.4 Å². The third kappa shape index (κ3) is 3.11. The molecule has 7 heteroatoms. The summed E-state index contributed by atoms with van der Waals surface area (Å²) in [4.78, 5) is 15.8. The molecule has 0 unspecified atom stereocenters. The summed E-state index contributed by atoms with van der Waals surface area (Å²) in [5.74, 6) is -1.86. The van der Waals surface area contributed by atoms with Crippen LogP contribution in [0.3, 0.4) is 0 Å². The van der Waals surface area contributed by atoms with Crippen molar-refractivity contribution in [3.8, 4) is 0 Å². The molecule has 2 aromatic rings. The van der Waals surface area contributed by atoms with Crippen molar-refractivity contribution >= 4 is 23.0 Å². The van der Waals surface area contributed by atoms with Crippen LogP contribution in [-0.4, -0.2) is 31.7 Å². The van der Waals surface area contributed by atoms with E-state index in [1.165, 1.54) is 0 Å². The average Bonchev–Trinajstić information content (AvgIpc) is 2.76. The molecule has 1 saturated heterocycles.